The highest BCUT2D eigenvalue weighted by molar-refractivity contribution is 7.99. The van der Waals surface area contributed by atoms with Crippen molar-refractivity contribution < 1.29 is 13.9 Å². The number of hydrogen-bond acceptors (Lipinski definition) is 5. The number of carbonyl (C=O) groups is 1. The van der Waals surface area contributed by atoms with Crippen LogP contribution in [0.4, 0.5) is 10.1 Å². The minimum atomic E-state index is -0.541. The van der Waals surface area contributed by atoms with Gasteiger partial charge in [-0.1, -0.05) is 35.5 Å². The molecule has 0 spiro atoms. The Morgan fingerprint density at radius 2 is 2.06 bits per heavy atom. The number of aromatic nitrogens is 3. The topological polar surface area (TPSA) is 69.0 Å². The van der Waals surface area contributed by atoms with Crippen LogP contribution in [0.2, 0.25) is 5.02 Å². The Balaban J connectivity index is 1.67. The molecule has 9 heteroatoms. The van der Waals surface area contributed by atoms with Crippen molar-refractivity contribution in [2.24, 2.45) is 0 Å². The average molecular weight is 475 g/mol. The molecule has 1 atom stereocenters. The summed E-state index contributed by atoms with van der Waals surface area (Å²) in [7, 11) is 0. The first kappa shape index (κ1) is 23.8. The first-order valence-electron chi connectivity index (χ1n) is 9.94. The molecule has 3 aromatic rings. The van der Waals surface area contributed by atoms with E-state index in [-0.39, 0.29) is 22.8 Å². The van der Waals surface area contributed by atoms with E-state index in [4.69, 9.17) is 16.3 Å². The highest BCUT2D eigenvalue weighted by atomic mass is 35.5. The normalized spacial score (nSPS) is 11.8. The zero-order chi connectivity index (χ0) is 23.3. The number of halogens is 2. The number of rotatable bonds is 9. The smallest absolute Gasteiger partial charge is 0.234 e. The van der Waals surface area contributed by atoms with Crippen molar-refractivity contribution in [3.8, 4) is 5.75 Å². The van der Waals surface area contributed by atoms with Crippen LogP contribution in [-0.4, -0.2) is 26.4 Å². The van der Waals surface area contributed by atoms with Crippen molar-refractivity contribution >= 4 is 35.0 Å². The standard InChI is InChI=1S/C23H24ClFN4O2S/c1-5-10-29-22(16(4)31-18-8-6-14(2)15(3)11-18)27-28-23(29)32-13-21(30)26-17-7-9-20(25)19(24)12-17/h5-9,11-12,16H,1,10,13H2,2-4H3,(H,26,30). The number of nitrogens with one attached hydrogen (secondary N) is 1. The van der Waals surface area contributed by atoms with Crippen molar-refractivity contribution in [3.05, 3.63) is 76.8 Å². The Bertz CT molecular complexity index is 1140. The van der Waals surface area contributed by atoms with Crippen LogP contribution >= 0.6 is 23.4 Å². The number of anilines is 1. The van der Waals surface area contributed by atoms with Crippen molar-refractivity contribution in [3.63, 3.8) is 0 Å². The molecule has 0 fully saturated rings. The third kappa shape index (κ3) is 5.89. The van der Waals surface area contributed by atoms with E-state index in [1.165, 1.54) is 35.5 Å². The second-order valence-electron chi connectivity index (χ2n) is 7.21. The molecule has 32 heavy (non-hydrogen) atoms. The van der Waals surface area contributed by atoms with Crippen molar-refractivity contribution in [2.45, 2.75) is 38.6 Å². The number of aryl methyl sites for hydroxylation is 2. The fourth-order valence-electron chi connectivity index (χ4n) is 2.95. The zero-order valence-electron chi connectivity index (χ0n) is 18.1. The average Bonchev–Trinajstić information content (AvgIpc) is 3.15. The summed E-state index contributed by atoms with van der Waals surface area (Å²) in [6.07, 6.45) is 1.38. The number of ether oxygens (including phenoxy) is 1. The van der Waals surface area contributed by atoms with Gasteiger partial charge in [0, 0.05) is 12.2 Å². The maximum atomic E-state index is 13.3. The Kier molecular flexibility index (Phi) is 7.93. The van der Waals surface area contributed by atoms with Crippen LogP contribution in [0.5, 0.6) is 5.75 Å². The molecule has 0 saturated heterocycles. The summed E-state index contributed by atoms with van der Waals surface area (Å²) in [6.45, 7) is 10.3. The number of nitrogens with zero attached hydrogens (tertiary/aromatic N) is 3. The van der Waals surface area contributed by atoms with Gasteiger partial charge in [-0.2, -0.15) is 0 Å². The van der Waals surface area contributed by atoms with E-state index in [9.17, 15) is 9.18 Å². The molecule has 2 aromatic carbocycles. The van der Waals surface area contributed by atoms with Crippen LogP contribution in [0.1, 0.15) is 30.0 Å². The molecule has 0 saturated carbocycles. The third-order valence-electron chi connectivity index (χ3n) is 4.75. The molecule has 1 N–H and O–H groups in total. The van der Waals surface area contributed by atoms with E-state index < -0.39 is 5.82 Å². The van der Waals surface area contributed by atoms with E-state index in [2.05, 4.69) is 22.1 Å². The fraction of sp³-hybridized carbons (Fsp3) is 0.261. The van der Waals surface area contributed by atoms with Gasteiger partial charge >= 0.3 is 0 Å². The van der Waals surface area contributed by atoms with Crippen LogP contribution in [0.15, 0.2) is 54.2 Å². The number of thioether (sulfide) groups is 1. The number of hydrogen-bond donors (Lipinski definition) is 1. The molecule has 0 aliphatic carbocycles. The molecule has 1 heterocycles. The molecular weight excluding hydrogens is 451 g/mol. The van der Waals surface area contributed by atoms with Crippen molar-refractivity contribution in [1.29, 1.82) is 0 Å². The maximum absolute atomic E-state index is 13.3. The van der Waals surface area contributed by atoms with Gasteiger partial charge in [0.2, 0.25) is 5.91 Å². The predicted molar refractivity (Wildman–Crippen MR) is 126 cm³/mol. The van der Waals surface area contributed by atoms with Crippen LogP contribution in [0.25, 0.3) is 0 Å². The Hall–Kier alpha value is -2.84. The summed E-state index contributed by atoms with van der Waals surface area (Å²) in [5, 5.41) is 11.7. The first-order chi connectivity index (χ1) is 15.3. The van der Waals surface area contributed by atoms with Crippen LogP contribution in [0.3, 0.4) is 0 Å². The molecular formula is C23H24ClFN4O2S. The monoisotopic (exact) mass is 474 g/mol. The van der Waals surface area contributed by atoms with Crippen molar-refractivity contribution in [2.75, 3.05) is 11.1 Å². The lowest BCUT2D eigenvalue weighted by Gasteiger charge is -2.16. The van der Waals surface area contributed by atoms with E-state index in [0.717, 1.165) is 11.3 Å². The minimum absolute atomic E-state index is 0.0522. The predicted octanol–water partition coefficient (Wildman–Crippen LogP) is 5.74. The van der Waals surface area contributed by atoms with E-state index in [1.807, 2.05) is 43.5 Å². The van der Waals surface area contributed by atoms with Crippen LogP contribution in [-0.2, 0) is 11.3 Å². The fourth-order valence-corrected chi connectivity index (χ4v) is 3.89. The number of allylic oxidation sites excluding steroid dienone is 1. The van der Waals surface area contributed by atoms with Crippen LogP contribution in [0, 0.1) is 19.7 Å². The molecule has 1 unspecified atom stereocenters. The molecule has 1 aromatic heterocycles. The Labute approximate surface area is 195 Å². The molecule has 6 nitrogen and oxygen atoms in total. The number of benzene rings is 2. The highest BCUT2D eigenvalue weighted by Crippen LogP contribution is 2.26. The SMILES string of the molecule is C=CCn1c(SCC(=O)Nc2ccc(F)c(Cl)c2)nnc1C(C)Oc1ccc(C)c(C)c1. The van der Waals surface area contributed by atoms with E-state index in [1.54, 1.807) is 6.08 Å². The quantitative estimate of drug-likeness (QED) is 0.316. The molecule has 0 radical (unpaired) electrons. The maximum Gasteiger partial charge on any atom is 0.234 e. The second kappa shape index (κ2) is 10.7. The van der Waals surface area contributed by atoms with Gasteiger partial charge in [-0.3, -0.25) is 9.36 Å². The number of carbonyl (C=O) groups excluding carboxylic acids is 1. The van der Waals surface area contributed by atoms with Gasteiger partial charge in [0.05, 0.1) is 10.8 Å². The van der Waals surface area contributed by atoms with E-state index in [0.29, 0.717) is 23.2 Å². The zero-order valence-corrected chi connectivity index (χ0v) is 19.6. The summed E-state index contributed by atoms with van der Waals surface area (Å²) in [6, 6.07) is 9.95. The number of amides is 1. The summed E-state index contributed by atoms with van der Waals surface area (Å²) in [5.41, 5.74) is 2.76. The van der Waals surface area contributed by atoms with Crippen molar-refractivity contribution in [1.82, 2.24) is 14.8 Å². The lowest BCUT2D eigenvalue weighted by atomic mass is 10.1. The van der Waals surface area contributed by atoms with Gasteiger partial charge in [-0.25, -0.2) is 4.39 Å². The van der Waals surface area contributed by atoms with E-state index >= 15 is 0 Å². The van der Waals surface area contributed by atoms with Gasteiger partial charge in [-0.15, -0.1) is 16.8 Å². The minimum Gasteiger partial charge on any atom is -0.483 e. The highest BCUT2D eigenvalue weighted by Gasteiger charge is 2.20. The summed E-state index contributed by atoms with van der Waals surface area (Å²) >= 11 is 7.00. The van der Waals surface area contributed by atoms with Gasteiger partial charge in [0.1, 0.15) is 11.6 Å². The first-order valence-corrected chi connectivity index (χ1v) is 11.3. The lowest BCUT2D eigenvalue weighted by molar-refractivity contribution is -0.113. The second-order valence-corrected chi connectivity index (χ2v) is 8.56. The molecule has 0 bridgehead atoms. The largest absolute Gasteiger partial charge is 0.483 e. The molecule has 0 aliphatic rings. The summed E-state index contributed by atoms with van der Waals surface area (Å²) < 4.78 is 21.2. The Morgan fingerprint density at radius 3 is 2.75 bits per heavy atom. The molecule has 3 rings (SSSR count). The van der Waals surface area contributed by atoms with Crippen LogP contribution < -0.4 is 10.1 Å². The molecule has 0 aliphatic heterocycles. The van der Waals surface area contributed by atoms with Gasteiger partial charge in [0.15, 0.2) is 17.1 Å². The lowest BCUT2D eigenvalue weighted by Crippen LogP contribution is -2.15. The van der Waals surface area contributed by atoms with Gasteiger partial charge in [-0.05, 0) is 62.2 Å². The molecule has 168 valence electrons. The summed E-state index contributed by atoms with van der Waals surface area (Å²) in [4.78, 5) is 12.3. The van der Waals surface area contributed by atoms with Gasteiger partial charge in [0.25, 0.3) is 0 Å². The molecule has 1 amide bonds. The third-order valence-corrected chi connectivity index (χ3v) is 6.00. The summed E-state index contributed by atoms with van der Waals surface area (Å²) in [5.74, 6) is 0.668. The Morgan fingerprint density at radius 1 is 1.28 bits per heavy atom. The van der Waals surface area contributed by atoms with Gasteiger partial charge < -0.3 is 10.1 Å².